The number of benzene rings is 1. The lowest BCUT2D eigenvalue weighted by atomic mass is 9.94. The van der Waals surface area contributed by atoms with E-state index in [0.717, 1.165) is 13.1 Å². The zero-order valence-corrected chi connectivity index (χ0v) is 11.2. The number of rotatable bonds is 3. The minimum absolute atomic E-state index is 0.596. The normalized spacial score (nSPS) is 20.3. The van der Waals surface area contributed by atoms with Crippen LogP contribution >= 0.6 is 0 Å². The van der Waals surface area contributed by atoms with Crippen molar-refractivity contribution in [2.75, 3.05) is 13.1 Å². The molecule has 2 aromatic rings. The second-order valence-corrected chi connectivity index (χ2v) is 5.31. The Morgan fingerprint density at radius 3 is 2.68 bits per heavy atom. The highest BCUT2D eigenvalue weighted by Crippen LogP contribution is 2.26. The van der Waals surface area contributed by atoms with Gasteiger partial charge in [-0.1, -0.05) is 36.4 Å². The molecule has 1 aliphatic heterocycles. The molecule has 2 heteroatoms. The predicted octanol–water partition coefficient (Wildman–Crippen LogP) is 3.46. The van der Waals surface area contributed by atoms with E-state index < -0.39 is 0 Å². The summed E-state index contributed by atoms with van der Waals surface area (Å²) < 4.78 is 0. The van der Waals surface area contributed by atoms with E-state index >= 15 is 0 Å². The summed E-state index contributed by atoms with van der Waals surface area (Å²) in [4.78, 5) is 7.07. The highest BCUT2D eigenvalue weighted by atomic mass is 15.1. The van der Waals surface area contributed by atoms with Gasteiger partial charge in [0.05, 0.1) is 0 Å². The summed E-state index contributed by atoms with van der Waals surface area (Å²) in [6.45, 7) is 3.40. The van der Waals surface area contributed by atoms with Crippen LogP contribution in [-0.4, -0.2) is 23.0 Å². The molecule has 1 aromatic carbocycles. The summed E-state index contributed by atoms with van der Waals surface area (Å²) in [7, 11) is 0. The van der Waals surface area contributed by atoms with Crippen LogP contribution < -0.4 is 0 Å². The lowest BCUT2D eigenvalue weighted by Crippen LogP contribution is -2.34. The van der Waals surface area contributed by atoms with Crippen molar-refractivity contribution in [3.8, 4) is 0 Å². The molecule has 1 atom stereocenters. The van der Waals surface area contributed by atoms with Gasteiger partial charge in [0.15, 0.2) is 0 Å². The SMILES string of the molecule is c1ccc(CN2CCC[C@H](c3ccccn3)C2)cc1. The van der Waals surface area contributed by atoms with Gasteiger partial charge in [0.1, 0.15) is 0 Å². The van der Waals surface area contributed by atoms with Crippen molar-refractivity contribution in [2.24, 2.45) is 0 Å². The number of hydrogen-bond acceptors (Lipinski definition) is 2. The van der Waals surface area contributed by atoms with Crippen molar-refractivity contribution in [3.63, 3.8) is 0 Å². The number of piperidine rings is 1. The van der Waals surface area contributed by atoms with E-state index in [2.05, 4.69) is 52.3 Å². The van der Waals surface area contributed by atoms with E-state index in [1.54, 1.807) is 0 Å². The van der Waals surface area contributed by atoms with Crippen LogP contribution in [0.2, 0.25) is 0 Å². The van der Waals surface area contributed by atoms with Crippen molar-refractivity contribution < 1.29 is 0 Å². The molecule has 0 aliphatic carbocycles. The number of nitrogens with zero attached hydrogens (tertiary/aromatic N) is 2. The Bertz CT molecular complexity index is 495. The molecule has 98 valence electrons. The van der Waals surface area contributed by atoms with Crippen molar-refractivity contribution in [1.82, 2.24) is 9.88 Å². The Labute approximate surface area is 115 Å². The van der Waals surface area contributed by atoms with E-state index in [-0.39, 0.29) is 0 Å². The quantitative estimate of drug-likeness (QED) is 0.831. The van der Waals surface area contributed by atoms with Gasteiger partial charge in [-0.25, -0.2) is 0 Å². The molecule has 19 heavy (non-hydrogen) atoms. The fourth-order valence-corrected chi connectivity index (χ4v) is 2.90. The van der Waals surface area contributed by atoms with Gasteiger partial charge in [0.2, 0.25) is 0 Å². The molecule has 3 rings (SSSR count). The van der Waals surface area contributed by atoms with Crippen LogP contribution in [0.25, 0.3) is 0 Å². The molecule has 0 N–H and O–H groups in total. The van der Waals surface area contributed by atoms with Gasteiger partial charge < -0.3 is 0 Å². The third-order valence-electron chi connectivity index (χ3n) is 3.86. The molecule has 0 amide bonds. The molecular formula is C17H20N2. The first-order valence-corrected chi connectivity index (χ1v) is 7.09. The van der Waals surface area contributed by atoms with Crippen molar-refractivity contribution >= 4 is 0 Å². The Morgan fingerprint density at radius 2 is 1.89 bits per heavy atom. The highest BCUT2D eigenvalue weighted by Gasteiger charge is 2.21. The topological polar surface area (TPSA) is 16.1 Å². The molecule has 0 saturated carbocycles. The van der Waals surface area contributed by atoms with Crippen molar-refractivity contribution in [3.05, 3.63) is 66.0 Å². The molecule has 1 aliphatic rings. The number of pyridine rings is 1. The average Bonchev–Trinajstić information content (AvgIpc) is 2.49. The predicted molar refractivity (Wildman–Crippen MR) is 77.9 cm³/mol. The monoisotopic (exact) mass is 252 g/mol. The largest absolute Gasteiger partial charge is 0.298 e. The molecule has 1 saturated heterocycles. The van der Waals surface area contributed by atoms with E-state index in [9.17, 15) is 0 Å². The Kier molecular flexibility index (Phi) is 3.89. The third-order valence-corrected chi connectivity index (χ3v) is 3.86. The molecule has 1 fully saturated rings. The van der Waals surface area contributed by atoms with Crippen LogP contribution in [0.15, 0.2) is 54.7 Å². The zero-order valence-electron chi connectivity index (χ0n) is 11.2. The number of hydrogen-bond donors (Lipinski definition) is 0. The standard InChI is InChI=1S/C17H20N2/c1-2-7-15(8-3-1)13-19-12-6-9-16(14-19)17-10-4-5-11-18-17/h1-5,7-8,10-11,16H,6,9,12-14H2/t16-/m0/s1. The molecule has 0 unspecified atom stereocenters. The fraction of sp³-hybridized carbons (Fsp3) is 0.353. The summed E-state index contributed by atoms with van der Waals surface area (Å²) in [6.07, 6.45) is 4.45. The molecule has 0 spiro atoms. The maximum atomic E-state index is 4.52. The Balaban J connectivity index is 1.65. The number of aromatic nitrogens is 1. The summed E-state index contributed by atoms with van der Waals surface area (Å²) in [5, 5.41) is 0. The van der Waals surface area contributed by atoms with Crippen LogP contribution in [0.3, 0.4) is 0 Å². The summed E-state index contributed by atoms with van der Waals surface area (Å²) >= 11 is 0. The average molecular weight is 252 g/mol. The molecule has 1 aromatic heterocycles. The van der Waals surface area contributed by atoms with E-state index in [1.807, 2.05) is 12.3 Å². The molecule has 0 bridgehead atoms. The van der Waals surface area contributed by atoms with Crippen LogP contribution in [-0.2, 0) is 6.54 Å². The van der Waals surface area contributed by atoms with Gasteiger partial charge in [-0.05, 0) is 37.1 Å². The smallest absolute Gasteiger partial charge is 0.0447 e. The van der Waals surface area contributed by atoms with Crippen molar-refractivity contribution in [2.45, 2.75) is 25.3 Å². The fourth-order valence-electron chi connectivity index (χ4n) is 2.90. The third kappa shape index (κ3) is 3.21. The summed E-state index contributed by atoms with van der Waals surface area (Å²) in [5.41, 5.74) is 2.66. The van der Waals surface area contributed by atoms with Gasteiger partial charge in [-0.2, -0.15) is 0 Å². The Morgan fingerprint density at radius 1 is 1.05 bits per heavy atom. The highest BCUT2D eigenvalue weighted by molar-refractivity contribution is 5.15. The molecular weight excluding hydrogens is 232 g/mol. The first-order chi connectivity index (χ1) is 9.42. The molecule has 0 radical (unpaired) electrons. The van der Waals surface area contributed by atoms with Crippen LogP contribution in [0.5, 0.6) is 0 Å². The lowest BCUT2D eigenvalue weighted by Gasteiger charge is -2.32. The van der Waals surface area contributed by atoms with Gasteiger partial charge in [-0.15, -0.1) is 0 Å². The van der Waals surface area contributed by atoms with E-state index in [4.69, 9.17) is 0 Å². The van der Waals surface area contributed by atoms with E-state index in [1.165, 1.54) is 30.6 Å². The second-order valence-electron chi connectivity index (χ2n) is 5.31. The van der Waals surface area contributed by atoms with Gasteiger partial charge in [-0.3, -0.25) is 9.88 Å². The minimum atomic E-state index is 0.596. The first kappa shape index (κ1) is 12.4. The zero-order chi connectivity index (χ0) is 12.9. The van der Waals surface area contributed by atoms with Gasteiger partial charge in [0.25, 0.3) is 0 Å². The van der Waals surface area contributed by atoms with Crippen molar-refractivity contribution in [1.29, 1.82) is 0 Å². The first-order valence-electron chi connectivity index (χ1n) is 7.09. The molecule has 2 heterocycles. The van der Waals surface area contributed by atoms with Crippen LogP contribution in [0.4, 0.5) is 0 Å². The number of likely N-dealkylation sites (tertiary alicyclic amines) is 1. The lowest BCUT2D eigenvalue weighted by molar-refractivity contribution is 0.198. The maximum Gasteiger partial charge on any atom is 0.0447 e. The molecule has 2 nitrogen and oxygen atoms in total. The maximum absolute atomic E-state index is 4.52. The summed E-state index contributed by atoms with van der Waals surface area (Å²) in [6, 6.07) is 17.0. The minimum Gasteiger partial charge on any atom is -0.298 e. The van der Waals surface area contributed by atoms with Gasteiger partial charge >= 0.3 is 0 Å². The van der Waals surface area contributed by atoms with E-state index in [0.29, 0.717) is 5.92 Å². The Hall–Kier alpha value is -1.67. The van der Waals surface area contributed by atoms with Crippen LogP contribution in [0.1, 0.15) is 30.0 Å². The van der Waals surface area contributed by atoms with Crippen LogP contribution in [0, 0.1) is 0 Å². The van der Waals surface area contributed by atoms with Gasteiger partial charge in [0, 0.05) is 30.9 Å². The second kappa shape index (κ2) is 5.98. The summed E-state index contributed by atoms with van der Waals surface area (Å²) in [5.74, 6) is 0.596.